The van der Waals surface area contributed by atoms with Crippen molar-refractivity contribution in [2.24, 2.45) is 0 Å². The summed E-state index contributed by atoms with van der Waals surface area (Å²) in [7, 11) is 0. The van der Waals surface area contributed by atoms with Gasteiger partial charge in [0.05, 0.1) is 15.1 Å². The number of hydrogen-bond acceptors (Lipinski definition) is 6. The zero-order chi connectivity index (χ0) is 19.7. The average Bonchev–Trinajstić information content (AvgIpc) is 3.39. The molecule has 0 unspecified atom stereocenters. The number of rotatable bonds is 5. The molecule has 0 atom stereocenters. The minimum atomic E-state index is -0.369. The van der Waals surface area contributed by atoms with Crippen LogP contribution in [0.4, 0.5) is 5.13 Å². The molecular weight excluding hydrogens is 394 g/mol. The molecule has 0 aliphatic heterocycles. The zero-order valence-corrected chi connectivity index (χ0v) is 17.0. The van der Waals surface area contributed by atoms with Crippen LogP contribution in [-0.2, 0) is 0 Å². The highest BCUT2D eigenvalue weighted by Gasteiger charge is 2.17. The van der Waals surface area contributed by atoms with Gasteiger partial charge in [-0.2, -0.15) is 0 Å². The van der Waals surface area contributed by atoms with Gasteiger partial charge in [-0.1, -0.05) is 29.5 Å². The van der Waals surface area contributed by atoms with E-state index in [1.165, 1.54) is 11.3 Å². The van der Waals surface area contributed by atoms with Gasteiger partial charge >= 0.3 is 0 Å². The number of para-hydroxylation sites is 1. The summed E-state index contributed by atoms with van der Waals surface area (Å²) in [6, 6.07) is 9.32. The molecule has 0 fully saturated rings. The van der Waals surface area contributed by atoms with Crippen molar-refractivity contribution in [3.05, 3.63) is 47.0 Å². The van der Waals surface area contributed by atoms with Gasteiger partial charge in [0, 0.05) is 30.2 Å². The fraction of sp³-hybridized carbons (Fsp3) is 0.211. The largest absolute Gasteiger partial charge is 0.360 e. The summed E-state index contributed by atoms with van der Waals surface area (Å²) in [5.74, 6) is -0.723. The van der Waals surface area contributed by atoms with E-state index < -0.39 is 0 Å². The van der Waals surface area contributed by atoms with Gasteiger partial charge in [-0.3, -0.25) is 20.4 Å². The molecule has 3 heterocycles. The van der Waals surface area contributed by atoms with Crippen molar-refractivity contribution >= 4 is 60.1 Å². The lowest BCUT2D eigenvalue weighted by Gasteiger charge is -2.16. The van der Waals surface area contributed by atoms with Crippen LogP contribution in [0.25, 0.3) is 20.4 Å². The maximum atomic E-state index is 12.4. The second-order valence-electron chi connectivity index (χ2n) is 6.10. The third-order valence-electron chi connectivity index (χ3n) is 4.46. The molecule has 0 bridgehead atoms. The zero-order valence-electron chi connectivity index (χ0n) is 15.4. The Morgan fingerprint density at radius 3 is 2.61 bits per heavy atom. The van der Waals surface area contributed by atoms with Crippen LogP contribution in [0.1, 0.15) is 33.9 Å². The highest BCUT2D eigenvalue weighted by atomic mass is 32.1. The number of amides is 2. The summed E-state index contributed by atoms with van der Waals surface area (Å²) in [5.41, 5.74) is 6.32. The van der Waals surface area contributed by atoms with E-state index in [-0.39, 0.29) is 11.8 Å². The Hall–Kier alpha value is -2.91. The fourth-order valence-corrected chi connectivity index (χ4v) is 5.20. The Kier molecular flexibility index (Phi) is 5.01. The smallest absolute Gasteiger partial charge is 0.279 e. The van der Waals surface area contributed by atoms with Gasteiger partial charge in [0.15, 0.2) is 5.13 Å². The second kappa shape index (κ2) is 7.61. The number of benzene rings is 1. The Bertz CT molecular complexity index is 1120. The molecule has 7 nitrogen and oxygen atoms in total. The monoisotopic (exact) mass is 413 g/mol. The number of nitrogens with zero attached hydrogens (tertiary/aromatic N) is 2. The number of fused-ring (bicyclic) bond motifs is 2. The number of thiophene rings is 1. The number of nitrogens with one attached hydrogen (secondary N) is 3. The number of aromatic nitrogens is 2. The highest BCUT2D eigenvalue weighted by molar-refractivity contribution is 7.29. The summed E-state index contributed by atoms with van der Waals surface area (Å²) >= 11 is 2.89. The van der Waals surface area contributed by atoms with E-state index in [1.54, 1.807) is 17.5 Å². The Balaban J connectivity index is 1.45. The lowest BCUT2D eigenvalue weighted by molar-refractivity contribution is 0.0850. The van der Waals surface area contributed by atoms with Gasteiger partial charge in [-0.15, -0.1) is 11.3 Å². The van der Waals surface area contributed by atoms with Gasteiger partial charge in [0.25, 0.3) is 11.8 Å². The maximum Gasteiger partial charge on any atom is 0.279 e. The van der Waals surface area contributed by atoms with Crippen molar-refractivity contribution < 1.29 is 9.59 Å². The van der Waals surface area contributed by atoms with Crippen LogP contribution >= 0.6 is 22.7 Å². The highest BCUT2D eigenvalue weighted by Crippen LogP contribution is 2.34. The summed E-state index contributed by atoms with van der Waals surface area (Å²) in [4.78, 5) is 36.0. The summed E-state index contributed by atoms with van der Waals surface area (Å²) < 4.78 is 0.972. The quantitative estimate of drug-likeness (QED) is 0.435. The molecule has 0 aliphatic rings. The van der Waals surface area contributed by atoms with Crippen LogP contribution in [0.15, 0.2) is 36.5 Å². The van der Waals surface area contributed by atoms with E-state index in [1.807, 2.05) is 30.3 Å². The molecule has 2 amide bonds. The molecule has 0 saturated heterocycles. The molecule has 0 saturated carbocycles. The minimum absolute atomic E-state index is 0.354. The van der Waals surface area contributed by atoms with E-state index in [0.29, 0.717) is 10.4 Å². The standard InChI is InChI=1S/C19H19N5O2S2/c1-3-24(4-2)19-21-18-15(28-19)9-14(27-18)17(26)23-22-16(25)12-10-20-13-8-6-5-7-11(12)13/h5-10,20H,3-4H2,1-2H3,(H,22,25)(H,23,26). The predicted molar refractivity (Wildman–Crippen MR) is 114 cm³/mol. The van der Waals surface area contributed by atoms with Crippen molar-refractivity contribution in [3.63, 3.8) is 0 Å². The number of hydrogen-bond donors (Lipinski definition) is 3. The number of carbonyl (C=O) groups excluding carboxylic acids is 2. The van der Waals surface area contributed by atoms with Crippen LogP contribution in [-0.4, -0.2) is 34.9 Å². The molecule has 144 valence electrons. The van der Waals surface area contributed by atoms with Crippen LogP contribution in [0.3, 0.4) is 0 Å². The Morgan fingerprint density at radius 2 is 1.86 bits per heavy atom. The maximum absolute atomic E-state index is 12.4. The Labute approximate surface area is 169 Å². The number of thiazole rings is 1. The first-order valence-corrected chi connectivity index (χ1v) is 10.6. The van der Waals surface area contributed by atoms with Crippen molar-refractivity contribution in [1.82, 2.24) is 20.8 Å². The second-order valence-corrected chi connectivity index (χ2v) is 8.14. The first kappa shape index (κ1) is 18.5. The molecule has 3 N–H and O–H groups in total. The van der Waals surface area contributed by atoms with Crippen molar-refractivity contribution in [2.45, 2.75) is 13.8 Å². The normalized spacial score (nSPS) is 11.1. The molecular formula is C19H19N5O2S2. The molecule has 4 rings (SSSR count). The van der Waals surface area contributed by atoms with Gasteiger partial charge in [0.1, 0.15) is 4.83 Å². The topological polar surface area (TPSA) is 90.1 Å². The van der Waals surface area contributed by atoms with Gasteiger partial charge in [-0.25, -0.2) is 4.98 Å². The molecule has 0 radical (unpaired) electrons. The van der Waals surface area contributed by atoms with E-state index in [4.69, 9.17) is 0 Å². The van der Waals surface area contributed by atoms with Crippen LogP contribution in [0, 0.1) is 0 Å². The summed E-state index contributed by atoms with van der Waals surface area (Å²) in [6.07, 6.45) is 1.63. The molecule has 28 heavy (non-hydrogen) atoms. The number of H-pyrrole nitrogens is 1. The lowest BCUT2D eigenvalue weighted by Crippen LogP contribution is -2.41. The molecule has 0 aliphatic carbocycles. The van der Waals surface area contributed by atoms with Gasteiger partial charge < -0.3 is 9.88 Å². The van der Waals surface area contributed by atoms with Crippen molar-refractivity contribution in [2.75, 3.05) is 18.0 Å². The van der Waals surface area contributed by atoms with E-state index in [2.05, 4.69) is 39.6 Å². The van der Waals surface area contributed by atoms with Crippen LogP contribution < -0.4 is 15.8 Å². The van der Waals surface area contributed by atoms with Crippen molar-refractivity contribution in [1.29, 1.82) is 0 Å². The average molecular weight is 414 g/mol. The molecule has 1 aromatic carbocycles. The number of hydrazine groups is 1. The summed E-state index contributed by atoms with van der Waals surface area (Å²) in [5, 5.41) is 1.77. The van der Waals surface area contributed by atoms with Gasteiger partial charge in [-0.05, 0) is 26.0 Å². The fourth-order valence-electron chi connectivity index (χ4n) is 2.97. The first-order valence-electron chi connectivity index (χ1n) is 8.92. The molecule has 9 heteroatoms. The molecule has 0 spiro atoms. The van der Waals surface area contributed by atoms with E-state index in [9.17, 15) is 9.59 Å². The third-order valence-corrected chi connectivity index (χ3v) is 6.68. The third kappa shape index (κ3) is 3.34. The SMILES string of the molecule is CCN(CC)c1nc2sc(C(=O)NNC(=O)c3c[nH]c4ccccc34)cc2s1. The lowest BCUT2D eigenvalue weighted by atomic mass is 10.2. The minimum Gasteiger partial charge on any atom is -0.360 e. The van der Waals surface area contributed by atoms with Crippen LogP contribution in [0.5, 0.6) is 0 Å². The van der Waals surface area contributed by atoms with E-state index >= 15 is 0 Å². The van der Waals surface area contributed by atoms with Crippen LogP contribution in [0.2, 0.25) is 0 Å². The first-order chi connectivity index (χ1) is 13.6. The molecule has 4 aromatic rings. The molecule has 3 aromatic heterocycles. The number of carbonyl (C=O) groups is 2. The number of anilines is 1. The predicted octanol–water partition coefficient (Wildman–Crippen LogP) is 3.76. The number of aromatic amines is 1. The Morgan fingerprint density at radius 1 is 1.11 bits per heavy atom. The van der Waals surface area contributed by atoms with Gasteiger partial charge in [0.2, 0.25) is 0 Å². The van der Waals surface area contributed by atoms with Crippen molar-refractivity contribution in [3.8, 4) is 0 Å². The van der Waals surface area contributed by atoms with E-state index in [0.717, 1.165) is 38.7 Å². The summed E-state index contributed by atoms with van der Waals surface area (Å²) in [6.45, 7) is 5.97.